The summed E-state index contributed by atoms with van der Waals surface area (Å²) in [5.74, 6) is 0. The van der Waals surface area contributed by atoms with E-state index in [1.54, 1.807) is 30.3 Å². The zero-order valence-corrected chi connectivity index (χ0v) is 9.09. The molecule has 0 bridgehead atoms. The van der Waals surface area contributed by atoms with Crippen LogP contribution in [0.1, 0.15) is 0 Å². The zero-order valence-electron chi connectivity index (χ0n) is 7.51. The number of rotatable bonds is 1. The second-order valence-corrected chi connectivity index (χ2v) is 4.93. The number of hydrogen-bond acceptors (Lipinski definition) is 2. The Labute approximate surface area is 92.0 Å². The first-order valence-corrected chi connectivity index (χ1v) is 5.96. The van der Waals surface area contributed by atoms with Crippen LogP contribution in [0, 0.1) is 0 Å². The lowest BCUT2D eigenvalue weighted by Crippen LogP contribution is -1.98. The molecule has 3 nitrogen and oxygen atoms in total. The Morgan fingerprint density at radius 3 is 2.47 bits per heavy atom. The normalized spacial score (nSPS) is 11.9. The molecule has 15 heavy (non-hydrogen) atoms. The van der Waals surface area contributed by atoms with Gasteiger partial charge in [-0.05, 0) is 17.5 Å². The number of benzene rings is 2. The van der Waals surface area contributed by atoms with E-state index in [-0.39, 0.29) is 9.92 Å². The molecule has 0 atom stereocenters. The summed E-state index contributed by atoms with van der Waals surface area (Å²) in [4.78, 5) is -0.161. The molecule has 0 aromatic heterocycles. The smallest absolute Gasteiger partial charge is 0.282 e. The van der Waals surface area contributed by atoms with Gasteiger partial charge in [0.05, 0.1) is 0 Å². The molecule has 0 amide bonds. The molecule has 5 heteroatoms. The number of hydrogen-bond donors (Lipinski definition) is 1. The van der Waals surface area contributed by atoms with Crippen molar-refractivity contribution < 1.29 is 13.0 Å². The van der Waals surface area contributed by atoms with Crippen molar-refractivity contribution in [2.45, 2.75) is 4.90 Å². The van der Waals surface area contributed by atoms with Crippen molar-refractivity contribution in [2.24, 2.45) is 0 Å². The maximum absolute atomic E-state index is 11.1. The van der Waals surface area contributed by atoms with Gasteiger partial charge < -0.3 is 0 Å². The van der Waals surface area contributed by atoms with Crippen LogP contribution in [0.2, 0.25) is 5.02 Å². The molecular weight excluding hydrogens is 236 g/mol. The van der Waals surface area contributed by atoms with Crippen molar-refractivity contribution in [1.82, 2.24) is 0 Å². The van der Waals surface area contributed by atoms with Crippen molar-refractivity contribution in [3.63, 3.8) is 0 Å². The van der Waals surface area contributed by atoms with E-state index in [4.69, 9.17) is 16.2 Å². The summed E-state index contributed by atoms with van der Waals surface area (Å²) in [6.07, 6.45) is 0. The fraction of sp³-hybridized carbons (Fsp3) is 0. The van der Waals surface area contributed by atoms with Gasteiger partial charge in [-0.25, -0.2) is 0 Å². The molecule has 0 saturated heterocycles. The first-order chi connectivity index (χ1) is 6.98. The zero-order chi connectivity index (χ0) is 11.1. The van der Waals surface area contributed by atoms with E-state index in [9.17, 15) is 8.42 Å². The summed E-state index contributed by atoms with van der Waals surface area (Å²) in [6.45, 7) is 0. The van der Waals surface area contributed by atoms with Crippen LogP contribution in [0.5, 0.6) is 0 Å². The minimum atomic E-state index is -4.24. The van der Waals surface area contributed by atoms with E-state index in [2.05, 4.69) is 0 Å². The molecule has 78 valence electrons. The van der Waals surface area contributed by atoms with Crippen molar-refractivity contribution in [2.75, 3.05) is 0 Å². The van der Waals surface area contributed by atoms with E-state index >= 15 is 0 Å². The first kappa shape index (κ1) is 10.4. The van der Waals surface area contributed by atoms with Crippen LogP contribution in [0.4, 0.5) is 0 Å². The third kappa shape index (κ3) is 1.97. The average molecular weight is 243 g/mol. The number of halogens is 1. The van der Waals surface area contributed by atoms with E-state index in [1.165, 1.54) is 6.07 Å². The molecule has 2 rings (SSSR count). The molecule has 0 spiro atoms. The second-order valence-electron chi connectivity index (χ2n) is 3.10. The minimum Gasteiger partial charge on any atom is -0.282 e. The highest BCUT2D eigenvalue weighted by atomic mass is 35.5. The van der Waals surface area contributed by atoms with Gasteiger partial charge in [0.2, 0.25) is 0 Å². The molecule has 0 aliphatic carbocycles. The predicted octanol–water partition coefficient (Wildman–Crippen LogP) is 2.74. The Kier molecular flexibility index (Phi) is 2.42. The monoisotopic (exact) mass is 242 g/mol. The molecule has 2 aromatic carbocycles. The molecule has 0 unspecified atom stereocenters. The molecule has 0 aliphatic rings. The predicted molar refractivity (Wildman–Crippen MR) is 58.8 cm³/mol. The van der Waals surface area contributed by atoms with Crippen LogP contribution in [-0.2, 0) is 10.1 Å². The maximum Gasteiger partial charge on any atom is 0.295 e. The fourth-order valence-corrected chi connectivity index (χ4v) is 2.48. The van der Waals surface area contributed by atoms with E-state index in [0.29, 0.717) is 10.8 Å². The SMILES string of the molecule is O=S(=O)(O)c1cc(Cl)cc2ccccc12. The standard InChI is InChI=1S/C10H7ClO3S/c11-8-5-7-3-1-2-4-9(7)10(6-8)15(12,13)14/h1-6H,(H,12,13,14). The molecule has 0 aliphatic heterocycles. The molecule has 2 aromatic rings. The minimum absolute atomic E-state index is 0.161. The third-order valence-corrected chi connectivity index (χ3v) is 3.18. The molecule has 0 fully saturated rings. The van der Waals surface area contributed by atoms with E-state index in [1.807, 2.05) is 0 Å². The van der Waals surface area contributed by atoms with Gasteiger partial charge in [-0.3, -0.25) is 4.55 Å². The Morgan fingerprint density at radius 2 is 1.80 bits per heavy atom. The van der Waals surface area contributed by atoms with Gasteiger partial charge in [-0.15, -0.1) is 0 Å². The Bertz CT molecular complexity index is 620. The summed E-state index contributed by atoms with van der Waals surface area (Å²) in [6, 6.07) is 9.70. The summed E-state index contributed by atoms with van der Waals surface area (Å²) in [7, 11) is -4.24. The summed E-state index contributed by atoms with van der Waals surface area (Å²) in [5, 5.41) is 1.42. The van der Waals surface area contributed by atoms with Crippen molar-refractivity contribution >= 4 is 32.5 Å². The number of fused-ring (bicyclic) bond motifs is 1. The quantitative estimate of drug-likeness (QED) is 0.783. The van der Waals surface area contributed by atoms with Gasteiger partial charge in [-0.2, -0.15) is 8.42 Å². The Balaban J connectivity index is 2.96. The lowest BCUT2D eigenvalue weighted by molar-refractivity contribution is 0.484. The van der Waals surface area contributed by atoms with Crippen LogP contribution < -0.4 is 0 Å². The summed E-state index contributed by atoms with van der Waals surface area (Å²) in [5.41, 5.74) is 0. The van der Waals surface area contributed by atoms with Gasteiger partial charge in [0.25, 0.3) is 10.1 Å². The second kappa shape index (κ2) is 3.48. The highest BCUT2D eigenvalue weighted by Crippen LogP contribution is 2.26. The van der Waals surface area contributed by atoms with Gasteiger partial charge in [0.15, 0.2) is 0 Å². The Hall–Kier alpha value is -1.10. The lowest BCUT2D eigenvalue weighted by Gasteiger charge is -2.04. The van der Waals surface area contributed by atoms with Gasteiger partial charge in [-0.1, -0.05) is 35.9 Å². The molecule has 0 saturated carbocycles. The van der Waals surface area contributed by atoms with Crippen molar-refractivity contribution in [1.29, 1.82) is 0 Å². The molecular formula is C10H7ClO3S. The van der Waals surface area contributed by atoms with E-state index < -0.39 is 10.1 Å². The summed E-state index contributed by atoms with van der Waals surface area (Å²) < 4.78 is 31.2. The lowest BCUT2D eigenvalue weighted by atomic mass is 10.1. The van der Waals surface area contributed by atoms with Crippen LogP contribution in [0.15, 0.2) is 41.3 Å². The summed E-state index contributed by atoms with van der Waals surface area (Å²) >= 11 is 5.75. The molecule has 0 radical (unpaired) electrons. The molecule has 0 heterocycles. The third-order valence-electron chi connectivity index (χ3n) is 2.07. The highest BCUT2D eigenvalue weighted by molar-refractivity contribution is 7.86. The van der Waals surface area contributed by atoms with Crippen molar-refractivity contribution in [3.05, 3.63) is 41.4 Å². The van der Waals surface area contributed by atoms with E-state index in [0.717, 1.165) is 0 Å². The largest absolute Gasteiger partial charge is 0.295 e. The fourth-order valence-electron chi connectivity index (χ4n) is 1.45. The topological polar surface area (TPSA) is 54.4 Å². The molecule has 1 N–H and O–H groups in total. The van der Waals surface area contributed by atoms with Crippen LogP contribution in [-0.4, -0.2) is 13.0 Å². The average Bonchev–Trinajstić information content (AvgIpc) is 2.15. The maximum atomic E-state index is 11.1. The van der Waals surface area contributed by atoms with Gasteiger partial charge in [0.1, 0.15) is 4.90 Å². The Morgan fingerprint density at radius 1 is 1.13 bits per heavy atom. The van der Waals surface area contributed by atoms with Crippen LogP contribution >= 0.6 is 11.6 Å². The van der Waals surface area contributed by atoms with Crippen molar-refractivity contribution in [3.8, 4) is 0 Å². The first-order valence-electron chi connectivity index (χ1n) is 4.14. The van der Waals surface area contributed by atoms with Gasteiger partial charge in [0, 0.05) is 10.4 Å². The van der Waals surface area contributed by atoms with Crippen LogP contribution in [0.3, 0.4) is 0 Å². The van der Waals surface area contributed by atoms with Crippen LogP contribution in [0.25, 0.3) is 10.8 Å². The van der Waals surface area contributed by atoms with Gasteiger partial charge >= 0.3 is 0 Å². The highest BCUT2D eigenvalue weighted by Gasteiger charge is 2.14.